The molecule has 5 aliphatic carbocycles. The lowest BCUT2D eigenvalue weighted by Crippen LogP contribution is -2.67. The van der Waals surface area contributed by atoms with Gasteiger partial charge in [-0.1, -0.05) is 72.5 Å². The summed E-state index contributed by atoms with van der Waals surface area (Å²) < 4.78 is 0. The minimum Gasteiger partial charge on any atom is -0.480 e. The molecule has 10 atom stereocenters. The maximum atomic E-state index is 15.3. The van der Waals surface area contributed by atoms with Gasteiger partial charge in [0.25, 0.3) is 0 Å². The standard InChI is InChI=1S/C43H72N2O5/c1-28(2)29-18-23-43(36(48)45(35(47)39(5,6)37(49)50)27-15-13-11-10-12-14-26-44)25-24-41(8)30(34(29)43)16-17-32-40(7)21-20-33(46)38(3,4)31(40)19-22-42(32,41)9/h29-34,46H,1,10-27,44H2,2-9H3,(H,49,50)/t29-,30+,31-,32?,33-,34+,40-,41+,42+,43-/m0/s1. The summed E-state index contributed by atoms with van der Waals surface area (Å²) in [6, 6.07) is 0. The number of carboxylic acids is 1. The van der Waals surface area contributed by atoms with Crippen LogP contribution < -0.4 is 5.73 Å². The van der Waals surface area contributed by atoms with Gasteiger partial charge in [-0.05, 0) is 156 Å². The largest absolute Gasteiger partial charge is 0.480 e. The fourth-order valence-corrected chi connectivity index (χ4v) is 13.6. The number of nitrogens with two attached hydrogens (primary N) is 1. The van der Waals surface area contributed by atoms with Crippen LogP contribution in [-0.4, -0.2) is 52.1 Å². The summed E-state index contributed by atoms with van der Waals surface area (Å²) in [5.41, 5.74) is 4.68. The molecule has 0 saturated heterocycles. The van der Waals surface area contributed by atoms with Crippen LogP contribution in [0.3, 0.4) is 0 Å². The number of rotatable bonds is 12. The van der Waals surface area contributed by atoms with E-state index in [-0.39, 0.29) is 52.1 Å². The van der Waals surface area contributed by atoms with Crippen molar-refractivity contribution >= 4 is 17.8 Å². The van der Waals surface area contributed by atoms with Crippen molar-refractivity contribution in [1.82, 2.24) is 4.90 Å². The van der Waals surface area contributed by atoms with E-state index in [2.05, 4.69) is 48.1 Å². The Kier molecular flexibility index (Phi) is 11.0. The topological polar surface area (TPSA) is 121 Å². The number of imide groups is 1. The SMILES string of the molecule is C=C(C)[C@@H]1CC[C@]2(C(=O)N(CCCCCCCCN)C(=O)C(C)(C)C(=O)O)CC[C@]3(C)[C@H](CCC4[C@@]5(C)CC[C@H](O)C(C)(C)[C@@H]5CC[C@]43C)[C@@H]12. The number of unbranched alkanes of at least 4 members (excludes halogenated alkanes) is 5. The number of fused-ring (bicyclic) bond motifs is 7. The Hall–Kier alpha value is -1.73. The van der Waals surface area contributed by atoms with E-state index in [9.17, 15) is 19.8 Å². The van der Waals surface area contributed by atoms with Crippen LogP contribution in [0.5, 0.6) is 0 Å². The Labute approximate surface area is 304 Å². The van der Waals surface area contributed by atoms with Crippen LogP contribution in [0.2, 0.25) is 0 Å². The number of nitrogens with zero attached hydrogens (tertiary/aromatic N) is 1. The van der Waals surface area contributed by atoms with Crippen molar-refractivity contribution < 1.29 is 24.6 Å². The highest BCUT2D eigenvalue weighted by Crippen LogP contribution is 2.77. The molecule has 0 radical (unpaired) electrons. The summed E-state index contributed by atoms with van der Waals surface area (Å²) in [5.74, 6) is -0.163. The van der Waals surface area contributed by atoms with E-state index in [1.807, 2.05) is 0 Å². The second-order valence-corrected chi connectivity index (χ2v) is 19.8. The van der Waals surface area contributed by atoms with Crippen LogP contribution in [0.25, 0.3) is 0 Å². The Morgan fingerprint density at radius 2 is 1.44 bits per heavy atom. The number of allylic oxidation sites excluding steroid dienone is 1. The van der Waals surface area contributed by atoms with Crippen molar-refractivity contribution in [1.29, 1.82) is 0 Å². The molecule has 7 nitrogen and oxygen atoms in total. The Bertz CT molecular complexity index is 1320. The van der Waals surface area contributed by atoms with Crippen LogP contribution >= 0.6 is 0 Å². The average molecular weight is 697 g/mol. The zero-order valence-corrected chi connectivity index (χ0v) is 33.0. The molecule has 0 aromatic rings. The van der Waals surface area contributed by atoms with Crippen molar-refractivity contribution in [2.24, 2.45) is 67.8 Å². The highest BCUT2D eigenvalue weighted by atomic mass is 16.4. The van der Waals surface area contributed by atoms with E-state index >= 15 is 4.79 Å². The molecule has 7 heteroatoms. The molecular weight excluding hydrogens is 624 g/mol. The van der Waals surface area contributed by atoms with Crippen molar-refractivity contribution in [3.8, 4) is 0 Å². The Balaban J connectivity index is 1.49. The summed E-state index contributed by atoms with van der Waals surface area (Å²) >= 11 is 0. The number of amides is 2. The predicted octanol–water partition coefficient (Wildman–Crippen LogP) is 8.77. The Morgan fingerprint density at radius 1 is 0.800 bits per heavy atom. The van der Waals surface area contributed by atoms with Gasteiger partial charge in [0.2, 0.25) is 11.8 Å². The van der Waals surface area contributed by atoms with Gasteiger partial charge in [0, 0.05) is 6.54 Å². The van der Waals surface area contributed by atoms with Crippen LogP contribution in [0.4, 0.5) is 0 Å². The molecule has 0 heterocycles. The third-order valence-electron chi connectivity index (χ3n) is 16.9. The van der Waals surface area contributed by atoms with Crippen molar-refractivity contribution in [2.75, 3.05) is 13.1 Å². The van der Waals surface area contributed by atoms with E-state index in [0.717, 1.165) is 102 Å². The maximum absolute atomic E-state index is 15.3. The van der Waals surface area contributed by atoms with Crippen molar-refractivity contribution in [3.63, 3.8) is 0 Å². The summed E-state index contributed by atoms with van der Waals surface area (Å²) in [7, 11) is 0. The Morgan fingerprint density at radius 3 is 2.06 bits per heavy atom. The molecule has 0 aromatic carbocycles. The molecule has 4 N–H and O–H groups in total. The number of hydrogen-bond donors (Lipinski definition) is 3. The highest BCUT2D eigenvalue weighted by Gasteiger charge is 2.72. The number of aliphatic hydroxyl groups is 1. The molecule has 5 rings (SSSR count). The molecular formula is C43H72N2O5. The van der Waals surface area contributed by atoms with Gasteiger partial charge in [0.1, 0.15) is 5.41 Å². The minimum atomic E-state index is -1.68. The van der Waals surface area contributed by atoms with Crippen LogP contribution in [0, 0.1) is 62.1 Å². The first-order chi connectivity index (χ1) is 23.3. The van der Waals surface area contributed by atoms with Gasteiger partial charge in [0.15, 0.2) is 0 Å². The number of hydrogen-bond acceptors (Lipinski definition) is 5. The molecule has 0 spiro atoms. The van der Waals surface area contributed by atoms with E-state index in [0.29, 0.717) is 30.7 Å². The molecule has 5 saturated carbocycles. The maximum Gasteiger partial charge on any atom is 0.318 e. The molecule has 1 unspecified atom stereocenters. The monoisotopic (exact) mass is 697 g/mol. The van der Waals surface area contributed by atoms with Crippen molar-refractivity contribution in [2.45, 2.75) is 164 Å². The quantitative estimate of drug-likeness (QED) is 0.107. The van der Waals surface area contributed by atoms with Gasteiger partial charge in [-0.25, -0.2) is 0 Å². The predicted molar refractivity (Wildman–Crippen MR) is 200 cm³/mol. The smallest absolute Gasteiger partial charge is 0.318 e. The van der Waals surface area contributed by atoms with Crippen LogP contribution in [0.15, 0.2) is 12.2 Å². The second kappa shape index (κ2) is 13.9. The summed E-state index contributed by atoms with van der Waals surface area (Å²) in [6.45, 7) is 22.8. The first-order valence-electron chi connectivity index (χ1n) is 20.4. The van der Waals surface area contributed by atoms with Gasteiger partial charge in [-0.2, -0.15) is 0 Å². The molecule has 0 aromatic heterocycles. The van der Waals surface area contributed by atoms with Crippen LogP contribution in [0.1, 0.15) is 158 Å². The second-order valence-electron chi connectivity index (χ2n) is 19.8. The number of carbonyl (C=O) groups is 3. The van der Waals surface area contributed by atoms with Gasteiger partial charge < -0.3 is 15.9 Å². The minimum absolute atomic E-state index is 0.0370. The summed E-state index contributed by atoms with van der Waals surface area (Å²) in [4.78, 5) is 43.3. The third kappa shape index (κ3) is 5.95. The van der Waals surface area contributed by atoms with Crippen LogP contribution in [-0.2, 0) is 14.4 Å². The van der Waals surface area contributed by atoms with Gasteiger partial charge in [0.05, 0.1) is 11.5 Å². The van der Waals surface area contributed by atoms with E-state index in [1.54, 1.807) is 0 Å². The lowest BCUT2D eigenvalue weighted by Gasteiger charge is -2.72. The van der Waals surface area contributed by atoms with Crippen molar-refractivity contribution in [3.05, 3.63) is 12.2 Å². The number of carbonyl (C=O) groups excluding carboxylic acids is 2. The molecule has 50 heavy (non-hydrogen) atoms. The normalized spacial score (nSPS) is 40.5. The fraction of sp³-hybridized carbons (Fsp3) is 0.884. The first kappa shape index (κ1) is 39.5. The summed E-state index contributed by atoms with van der Waals surface area (Å²) in [6.07, 6.45) is 15.3. The zero-order chi connectivity index (χ0) is 37.1. The van der Waals surface area contributed by atoms with Gasteiger partial charge >= 0.3 is 5.97 Å². The fourth-order valence-electron chi connectivity index (χ4n) is 13.6. The first-order valence-corrected chi connectivity index (χ1v) is 20.4. The molecule has 0 bridgehead atoms. The molecule has 0 aliphatic heterocycles. The van der Waals surface area contributed by atoms with E-state index < -0.39 is 22.7 Å². The van der Waals surface area contributed by atoms with Gasteiger partial charge in [-0.15, -0.1) is 0 Å². The molecule has 2 amide bonds. The lowest BCUT2D eigenvalue weighted by atomic mass is 9.32. The van der Waals surface area contributed by atoms with E-state index in [4.69, 9.17) is 5.73 Å². The number of aliphatic hydroxyl groups excluding tert-OH is 1. The number of aliphatic carboxylic acids is 1. The zero-order valence-electron chi connectivity index (χ0n) is 33.0. The summed E-state index contributed by atoms with van der Waals surface area (Å²) in [5, 5.41) is 21.3. The highest BCUT2D eigenvalue weighted by molar-refractivity contribution is 6.08. The molecule has 284 valence electrons. The van der Waals surface area contributed by atoms with E-state index in [1.165, 1.54) is 18.7 Å². The molecule has 5 aliphatic rings. The average Bonchev–Trinajstić information content (AvgIpc) is 3.45. The number of carboxylic acid groups (broad SMARTS) is 1. The molecule has 5 fully saturated rings. The van der Waals surface area contributed by atoms with Gasteiger partial charge in [-0.3, -0.25) is 19.3 Å². The lowest BCUT2D eigenvalue weighted by molar-refractivity contribution is -0.247. The third-order valence-corrected chi connectivity index (χ3v) is 16.9.